The highest BCUT2D eigenvalue weighted by atomic mass is 16.5. The van der Waals surface area contributed by atoms with Crippen molar-refractivity contribution >= 4 is 5.97 Å². The third kappa shape index (κ3) is 3.32. The zero-order valence-electron chi connectivity index (χ0n) is 7.61. The fraction of sp³-hybridized carbons (Fsp3) is 0.889. The van der Waals surface area contributed by atoms with Crippen molar-refractivity contribution in [2.45, 2.75) is 31.8 Å². The molecule has 76 valence electrons. The van der Waals surface area contributed by atoms with E-state index in [1.165, 1.54) is 0 Å². The van der Waals surface area contributed by atoms with Crippen molar-refractivity contribution in [2.24, 2.45) is 5.92 Å². The standard InChI is InChI=1S/C9H16O4/c10-5-6-13-8-3-1-7(2-4-8)9(11)12/h7-8,10H,1-6H2,(H,11,12)/t7-,8-. The summed E-state index contributed by atoms with van der Waals surface area (Å²) < 4.78 is 5.32. The fourth-order valence-corrected chi connectivity index (χ4v) is 1.70. The lowest BCUT2D eigenvalue weighted by atomic mass is 9.87. The molecular weight excluding hydrogens is 172 g/mol. The minimum absolute atomic E-state index is 0.0405. The molecule has 0 bridgehead atoms. The minimum Gasteiger partial charge on any atom is -0.481 e. The topological polar surface area (TPSA) is 66.8 Å². The lowest BCUT2D eigenvalue weighted by Gasteiger charge is -2.25. The molecule has 4 nitrogen and oxygen atoms in total. The molecule has 0 atom stereocenters. The molecule has 0 unspecified atom stereocenters. The third-order valence-electron chi connectivity index (χ3n) is 2.47. The molecule has 13 heavy (non-hydrogen) atoms. The molecule has 0 aromatic rings. The molecule has 0 heterocycles. The molecule has 0 aromatic heterocycles. The Balaban J connectivity index is 2.18. The summed E-state index contributed by atoms with van der Waals surface area (Å²) in [6.07, 6.45) is 3.16. The first-order valence-corrected chi connectivity index (χ1v) is 4.69. The van der Waals surface area contributed by atoms with Gasteiger partial charge in [-0.3, -0.25) is 4.79 Å². The number of hydrogen-bond donors (Lipinski definition) is 2. The lowest BCUT2D eigenvalue weighted by molar-refractivity contribution is -0.143. The van der Waals surface area contributed by atoms with E-state index in [9.17, 15) is 4.79 Å². The van der Waals surface area contributed by atoms with E-state index in [0.717, 1.165) is 12.8 Å². The molecule has 4 heteroatoms. The van der Waals surface area contributed by atoms with Crippen LogP contribution in [0.25, 0.3) is 0 Å². The zero-order valence-corrected chi connectivity index (χ0v) is 7.61. The molecule has 1 fully saturated rings. The van der Waals surface area contributed by atoms with Crippen molar-refractivity contribution in [3.63, 3.8) is 0 Å². The number of aliphatic hydroxyl groups is 1. The zero-order chi connectivity index (χ0) is 9.68. The summed E-state index contributed by atoms with van der Waals surface area (Å²) in [5.41, 5.74) is 0. The number of rotatable bonds is 4. The SMILES string of the molecule is O=C(O)[C@H]1CC[C@H](OCCO)CC1. The average molecular weight is 188 g/mol. The summed E-state index contributed by atoms with van der Waals surface area (Å²) in [6.45, 7) is 0.404. The smallest absolute Gasteiger partial charge is 0.306 e. The maximum absolute atomic E-state index is 10.6. The number of carboxylic acid groups (broad SMARTS) is 1. The first-order valence-electron chi connectivity index (χ1n) is 4.69. The van der Waals surface area contributed by atoms with E-state index in [2.05, 4.69) is 0 Å². The van der Waals surface area contributed by atoms with Gasteiger partial charge in [-0.05, 0) is 25.7 Å². The van der Waals surface area contributed by atoms with Crippen LogP contribution in [0.15, 0.2) is 0 Å². The van der Waals surface area contributed by atoms with Gasteiger partial charge in [0, 0.05) is 0 Å². The fourth-order valence-electron chi connectivity index (χ4n) is 1.70. The van der Waals surface area contributed by atoms with E-state index >= 15 is 0 Å². The Morgan fingerprint density at radius 1 is 1.31 bits per heavy atom. The summed E-state index contributed by atoms with van der Waals surface area (Å²) in [5, 5.41) is 17.2. The molecule has 1 rings (SSSR count). The van der Waals surface area contributed by atoms with Crippen LogP contribution in [0.4, 0.5) is 0 Å². The molecule has 0 aliphatic heterocycles. The molecule has 1 aliphatic carbocycles. The Morgan fingerprint density at radius 3 is 2.38 bits per heavy atom. The maximum atomic E-state index is 10.6. The Hall–Kier alpha value is -0.610. The largest absolute Gasteiger partial charge is 0.481 e. The predicted molar refractivity (Wildman–Crippen MR) is 46.4 cm³/mol. The predicted octanol–water partition coefficient (Wildman–Crippen LogP) is 0.639. The van der Waals surface area contributed by atoms with E-state index in [-0.39, 0.29) is 18.6 Å². The second-order valence-corrected chi connectivity index (χ2v) is 3.41. The summed E-state index contributed by atoms with van der Waals surface area (Å²) in [6, 6.07) is 0. The van der Waals surface area contributed by atoms with Crippen LogP contribution in [-0.2, 0) is 9.53 Å². The first kappa shape index (κ1) is 10.5. The quantitative estimate of drug-likeness (QED) is 0.679. The van der Waals surface area contributed by atoms with Crippen LogP contribution >= 0.6 is 0 Å². The van der Waals surface area contributed by atoms with Gasteiger partial charge in [0.1, 0.15) is 0 Å². The van der Waals surface area contributed by atoms with E-state index in [4.69, 9.17) is 14.9 Å². The lowest BCUT2D eigenvalue weighted by Crippen LogP contribution is -2.26. The van der Waals surface area contributed by atoms with Crippen molar-refractivity contribution in [3.8, 4) is 0 Å². The highest BCUT2D eigenvalue weighted by Gasteiger charge is 2.25. The van der Waals surface area contributed by atoms with Gasteiger partial charge >= 0.3 is 5.97 Å². The second kappa shape index (κ2) is 5.19. The van der Waals surface area contributed by atoms with Crippen LogP contribution in [0.2, 0.25) is 0 Å². The van der Waals surface area contributed by atoms with Gasteiger partial charge in [0.2, 0.25) is 0 Å². The van der Waals surface area contributed by atoms with Gasteiger partial charge in [-0.15, -0.1) is 0 Å². The van der Waals surface area contributed by atoms with Gasteiger partial charge in [0.15, 0.2) is 0 Å². The molecule has 0 saturated heterocycles. The van der Waals surface area contributed by atoms with Gasteiger partial charge in [-0.1, -0.05) is 0 Å². The second-order valence-electron chi connectivity index (χ2n) is 3.41. The number of aliphatic hydroxyl groups excluding tert-OH is 1. The Labute approximate surface area is 77.5 Å². The number of carbonyl (C=O) groups is 1. The molecule has 0 spiro atoms. The van der Waals surface area contributed by atoms with Crippen LogP contribution in [0.3, 0.4) is 0 Å². The van der Waals surface area contributed by atoms with Crippen molar-refractivity contribution < 1.29 is 19.7 Å². The average Bonchev–Trinajstić information content (AvgIpc) is 2.15. The normalized spacial score (nSPS) is 28.7. The Kier molecular flexibility index (Phi) is 4.18. The van der Waals surface area contributed by atoms with Crippen LogP contribution in [0.5, 0.6) is 0 Å². The van der Waals surface area contributed by atoms with Crippen LogP contribution < -0.4 is 0 Å². The number of hydrogen-bond acceptors (Lipinski definition) is 3. The molecule has 0 radical (unpaired) electrons. The van der Waals surface area contributed by atoms with Crippen molar-refractivity contribution in [1.82, 2.24) is 0 Å². The van der Waals surface area contributed by atoms with Crippen molar-refractivity contribution in [2.75, 3.05) is 13.2 Å². The van der Waals surface area contributed by atoms with Crippen LogP contribution in [-0.4, -0.2) is 35.5 Å². The minimum atomic E-state index is -0.694. The first-order chi connectivity index (χ1) is 6.24. The molecule has 0 amide bonds. The monoisotopic (exact) mass is 188 g/mol. The Bertz CT molecular complexity index is 161. The third-order valence-corrected chi connectivity index (χ3v) is 2.47. The maximum Gasteiger partial charge on any atom is 0.306 e. The molecular formula is C9H16O4. The Morgan fingerprint density at radius 2 is 1.92 bits per heavy atom. The van der Waals surface area contributed by atoms with Gasteiger partial charge in [-0.2, -0.15) is 0 Å². The summed E-state index contributed by atoms with van der Waals surface area (Å²) >= 11 is 0. The van der Waals surface area contributed by atoms with E-state index in [1.807, 2.05) is 0 Å². The highest BCUT2D eigenvalue weighted by Crippen LogP contribution is 2.26. The van der Waals surface area contributed by atoms with Gasteiger partial charge in [0.25, 0.3) is 0 Å². The van der Waals surface area contributed by atoms with E-state index in [1.54, 1.807) is 0 Å². The summed E-state index contributed by atoms with van der Waals surface area (Å²) in [4.78, 5) is 10.6. The number of aliphatic carboxylic acids is 1. The molecule has 0 aromatic carbocycles. The number of carboxylic acids is 1. The number of ether oxygens (including phenoxy) is 1. The summed E-state index contributed by atoms with van der Waals surface area (Å²) in [5.74, 6) is -0.880. The highest BCUT2D eigenvalue weighted by molar-refractivity contribution is 5.69. The van der Waals surface area contributed by atoms with Crippen molar-refractivity contribution in [3.05, 3.63) is 0 Å². The summed E-state index contributed by atoms with van der Waals surface area (Å²) in [7, 11) is 0. The van der Waals surface area contributed by atoms with Gasteiger partial charge < -0.3 is 14.9 Å². The van der Waals surface area contributed by atoms with Gasteiger partial charge in [0.05, 0.1) is 25.2 Å². The van der Waals surface area contributed by atoms with Crippen LogP contribution in [0.1, 0.15) is 25.7 Å². The van der Waals surface area contributed by atoms with Gasteiger partial charge in [-0.25, -0.2) is 0 Å². The molecule has 1 saturated carbocycles. The van der Waals surface area contributed by atoms with E-state index in [0.29, 0.717) is 19.4 Å². The van der Waals surface area contributed by atoms with Crippen molar-refractivity contribution in [1.29, 1.82) is 0 Å². The molecule has 2 N–H and O–H groups in total. The molecule has 1 aliphatic rings. The van der Waals surface area contributed by atoms with E-state index < -0.39 is 5.97 Å². The van der Waals surface area contributed by atoms with Crippen LogP contribution in [0, 0.1) is 5.92 Å².